The molecule has 0 spiro atoms. The molecule has 1 aliphatic rings. The molecule has 4 rings (SSSR count). The number of nitrogens with one attached hydrogen (secondary N) is 1. The minimum Gasteiger partial charge on any atom is -0.348 e. The molecule has 3 aromatic carbocycles. The number of hydrogen-bond donors (Lipinski definition) is 1. The monoisotopic (exact) mass is 427 g/mol. The third-order valence-corrected chi connectivity index (χ3v) is 5.87. The number of carbonyl (C=O) groups excluding carboxylic acids is 2. The molecule has 1 N–H and O–H groups in total. The largest absolute Gasteiger partial charge is 0.348 e. The molecule has 0 radical (unpaired) electrons. The van der Waals surface area contributed by atoms with Crippen LogP contribution in [0.15, 0.2) is 91.0 Å². The third-order valence-electron chi connectivity index (χ3n) is 5.87. The summed E-state index contributed by atoms with van der Waals surface area (Å²) in [5.74, 6) is 0.0688. The first-order valence-corrected chi connectivity index (χ1v) is 11.1. The van der Waals surface area contributed by atoms with E-state index in [1.807, 2.05) is 71.6 Å². The summed E-state index contributed by atoms with van der Waals surface area (Å²) in [5, 5.41) is 3.23. The van der Waals surface area contributed by atoms with Crippen LogP contribution in [0, 0.1) is 0 Å². The Morgan fingerprint density at radius 3 is 1.94 bits per heavy atom. The maximum atomic E-state index is 12.9. The van der Waals surface area contributed by atoms with Crippen LogP contribution in [0.2, 0.25) is 0 Å². The molecule has 5 heteroatoms. The molecule has 164 valence electrons. The van der Waals surface area contributed by atoms with Crippen LogP contribution >= 0.6 is 0 Å². The zero-order valence-corrected chi connectivity index (χ0v) is 18.2. The van der Waals surface area contributed by atoms with Crippen molar-refractivity contribution in [2.24, 2.45) is 0 Å². The number of nitrogens with zero attached hydrogens (tertiary/aromatic N) is 2. The molecule has 2 amide bonds. The predicted molar refractivity (Wildman–Crippen MR) is 126 cm³/mol. The Labute approximate surface area is 189 Å². The molecule has 5 nitrogen and oxygen atoms in total. The molecule has 1 fully saturated rings. The highest BCUT2D eigenvalue weighted by Crippen LogP contribution is 2.18. The van der Waals surface area contributed by atoms with E-state index in [4.69, 9.17) is 0 Å². The van der Waals surface area contributed by atoms with E-state index in [0.29, 0.717) is 38.3 Å². The summed E-state index contributed by atoms with van der Waals surface area (Å²) in [6.45, 7) is 2.99. The predicted octanol–water partition coefficient (Wildman–Crippen LogP) is 3.54. The van der Waals surface area contributed by atoms with Crippen molar-refractivity contribution in [3.63, 3.8) is 0 Å². The summed E-state index contributed by atoms with van der Waals surface area (Å²) < 4.78 is 0. The molecule has 0 bridgehead atoms. The Balaban J connectivity index is 1.32. The lowest BCUT2D eigenvalue weighted by Crippen LogP contribution is -2.51. The Morgan fingerprint density at radius 2 is 1.31 bits per heavy atom. The summed E-state index contributed by atoms with van der Waals surface area (Å²) in [7, 11) is 0. The van der Waals surface area contributed by atoms with Crippen LogP contribution in [0.4, 0.5) is 0 Å². The van der Waals surface area contributed by atoms with Crippen LogP contribution in [0.1, 0.15) is 27.5 Å². The third kappa shape index (κ3) is 5.83. The second-order valence-corrected chi connectivity index (χ2v) is 8.15. The van der Waals surface area contributed by atoms with Crippen LogP contribution in [-0.4, -0.2) is 54.3 Å². The molecule has 0 aliphatic carbocycles. The number of benzene rings is 3. The van der Waals surface area contributed by atoms with Gasteiger partial charge in [0.05, 0.1) is 12.6 Å². The first-order chi connectivity index (χ1) is 15.7. The number of carbonyl (C=O) groups is 2. The molecule has 3 aromatic rings. The van der Waals surface area contributed by atoms with Gasteiger partial charge < -0.3 is 10.2 Å². The molecule has 0 saturated carbocycles. The van der Waals surface area contributed by atoms with Crippen molar-refractivity contribution in [3.05, 3.63) is 108 Å². The van der Waals surface area contributed by atoms with Crippen molar-refractivity contribution < 1.29 is 9.59 Å². The Kier molecular flexibility index (Phi) is 7.31. The van der Waals surface area contributed by atoms with Crippen LogP contribution in [0.5, 0.6) is 0 Å². The van der Waals surface area contributed by atoms with Gasteiger partial charge in [-0.1, -0.05) is 78.9 Å². The van der Waals surface area contributed by atoms with Gasteiger partial charge in [0, 0.05) is 31.7 Å². The fourth-order valence-corrected chi connectivity index (χ4v) is 4.10. The van der Waals surface area contributed by atoms with Gasteiger partial charge in [-0.05, 0) is 29.7 Å². The second kappa shape index (κ2) is 10.7. The standard InChI is InChI=1S/C27H29N3O2/c31-26(21-29-16-18-30(19-17-29)27(32)24-14-8-3-9-15-24)28-25(23-12-6-2-7-13-23)20-22-10-4-1-5-11-22/h1-15,25H,16-21H2,(H,28,31). The molecule has 32 heavy (non-hydrogen) atoms. The molecular formula is C27H29N3O2. The van der Waals surface area contributed by atoms with E-state index in [-0.39, 0.29) is 17.9 Å². The minimum atomic E-state index is -0.0768. The van der Waals surface area contributed by atoms with Gasteiger partial charge in [0.25, 0.3) is 5.91 Å². The first kappa shape index (κ1) is 21.8. The minimum absolute atomic E-state index is 0.0117. The van der Waals surface area contributed by atoms with Crippen molar-refractivity contribution in [2.75, 3.05) is 32.7 Å². The SMILES string of the molecule is O=C(CN1CCN(C(=O)c2ccccc2)CC1)NC(Cc1ccccc1)c1ccccc1. The van der Waals surface area contributed by atoms with Crippen LogP contribution < -0.4 is 5.32 Å². The fraction of sp³-hybridized carbons (Fsp3) is 0.259. The average molecular weight is 428 g/mol. The first-order valence-electron chi connectivity index (χ1n) is 11.1. The van der Waals surface area contributed by atoms with Crippen molar-refractivity contribution >= 4 is 11.8 Å². The van der Waals surface area contributed by atoms with Crippen molar-refractivity contribution in [3.8, 4) is 0 Å². The molecule has 0 aromatic heterocycles. The van der Waals surface area contributed by atoms with Crippen molar-refractivity contribution in [1.82, 2.24) is 15.1 Å². The van der Waals surface area contributed by atoms with E-state index in [0.717, 1.165) is 12.0 Å². The molecule has 1 saturated heterocycles. The van der Waals surface area contributed by atoms with Crippen molar-refractivity contribution in [1.29, 1.82) is 0 Å². The highest BCUT2D eigenvalue weighted by molar-refractivity contribution is 5.94. The van der Waals surface area contributed by atoms with Gasteiger partial charge in [-0.25, -0.2) is 0 Å². The maximum Gasteiger partial charge on any atom is 0.253 e. The zero-order chi connectivity index (χ0) is 22.2. The number of piperazine rings is 1. The van der Waals surface area contributed by atoms with Gasteiger partial charge in [0.2, 0.25) is 5.91 Å². The van der Waals surface area contributed by atoms with Gasteiger partial charge >= 0.3 is 0 Å². The van der Waals surface area contributed by atoms with Gasteiger partial charge in [0.1, 0.15) is 0 Å². The normalized spacial score (nSPS) is 15.2. The zero-order valence-electron chi connectivity index (χ0n) is 18.2. The summed E-state index contributed by atoms with van der Waals surface area (Å²) in [6, 6.07) is 29.6. The summed E-state index contributed by atoms with van der Waals surface area (Å²) in [4.78, 5) is 29.5. The van der Waals surface area contributed by atoms with Crippen LogP contribution in [0.25, 0.3) is 0 Å². The Bertz CT molecular complexity index is 1000. The summed E-state index contributed by atoms with van der Waals surface area (Å²) in [6.07, 6.45) is 0.746. The van der Waals surface area contributed by atoms with E-state index in [1.54, 1.807) is 0 Å². The highest BCUT2D eigenvalue weighted by atomic mass is 16.2. The molecule has 1 heterocycles. The topological polar surface area (TPSA) is 52.7 Å². The van der Waals surface area contributed by atoms with Gasteiger partial charge in [-0.3, -0.25) is 14.5 Å². The van der Waals surface area contributed by atoms with E-state index in [9.17, 15) is 9.59 Å². The van der Waals surface area contributed by atoms with Gasteiger partial charge in [-0.15, -0.1) is 0 Å². The van der Waals surface area contributed by atoms with Crippen LogP contribution in [0.3, 0.4) is 0 Å². The smallest absolute Gasteiger partial charge is 0.253 e. The molecule has 1 aliphatic heterocycles. The van der Waals surface area contributed by atoms with E-state index >= 15 is 0 Å². The lowest BCUT2D eigenvalue weighted by Gasteiger charge is -2.34. The van der Waals surface area contributed by atoms with Gasteiger partial charge in [-0.2, -0.15) is 0 Å². The summed E-state index contributed by atoms with van der Waals surface area (Å²) >= 11 is 0. The van der Waals surface area contributed by atoms with E-state index < -0.39 is 0 Å². The molecule has 1 unspecified atom stereocenters. The highest BCUT2D eigenvalue weighted by Gasteiger charge is 2.24. The molecular weight excluding hydrogens is 398 g/mol. The van der Waals surface area contributed by atoms with Gasteiger partial charge in [0.15, 0.2) is 0 Å². The number of rotatable bonds is 7. The van der Waals surface area contributed by atoms with Crippen LogP contribution in [-0.2, 0) is 11.2 Å². The van der Waals surface area contributed by atoms with E-state index in [1.165, 1.54) is 5.56 Å². The number of hydrogen-bond acceptors (Lipinski definition) is 3. The summed E-state index contributed by atoms with van der Waals surface area (Å²) in [5.41, 5.74) is 3.00. The fourth-order valence-electron chi connectivity index (χ4n) is 4.10. The Hall–Kier alpha value is -3.44. The Morgan fingerprint density at radius 1 is 0.750 bits per heavy atom. The number of amides is 2. The molecule has 1 atom stereocenters. The average Bonchev–Trinajstić information content (AvgIpc) is 2.85. The lowest BCUT2D eigenvalue weighted by atomic mass is 9.99. The maximum absolute atomic E-state index is 12.9. The second-order valence-electron chi connectivity index (χ2n) is 8.15. The van der Waals surface area contributed by atoms with Crippen molar-refractivity contribution in [2.45, 2.75) is 12.5 Å². The van der Waals surface area contributed by atoms with E-state index in [2.05, 4.69) is 34.5 Å². The lowest BCUT2D eigenvalue weighted by molar-refractivity contribution is -0.123. The quantitative estimate of drug-likeness (QED) is 0.628.